The topological polar surface area (TPSA) is 38.8 Å². The molecule has 0 aromatic heterocycles. The molecule has 3 aromatic carbocycles. The Hall–Kier alpha value is -3.44. The molecule has 0 saturated heterocycles. The van der Waals surface area contributed by atoms with E-state index < -0.39 is 5.82 Å². The molecule has 0 heterocycles. The van der Waals surface area contributed by atoms with E-state index in [-0.39, 0.29) is 5.78 Å². The first-order valence-corrected chi connectivity index (χ1v) is 10.4. The smallest absolute Gasteiger partial charge is 0.189 e. The lowest BCUT2D eigenvalue weighted by atomic mass is 9.97. The summed E-state index contributed by atoms with van der Waals surface area (Å²) in [7, 11) is 5.40. The van der Waals surface area contributed by atoms with Crippen molar-refractivity contribution in [1.82, 2.24) is 4.90 Å². The van der Waals surface area contributed by atoms with Crippen LogP contribution in [0.1, 0.15) is 21.5 Å². The fourth-order valence-electron chi connectivity index (χ4n) is 3.28. The third-order valence-electron chi connectivity index (χ3n) is 5.12. The second kappa shape index (κ2) is 10.7. The van der Waals surface area contributed by atoms with Crippen molar-refractivity contribution in [3.8, 4) is 22.6 Å². The summed E-state index contributed by atoms with van der Waals surface area (Å²) in [6, 6.07) is 18.1. The quantitative estimate of drug-likeness (QED) is 0.323. The summed E-state index contributed by atoms with van der Waals surface area (Å²) in [5, 5.41) is 0. The minimum Gasteiger partial charge on any atom is -0.497 e. The van der Waals surface area contributed by atoms with E-state index in [9.17, 15) is 9.18 Å². The Bertz CT molecular complexity index is 1120. The highest BCUT2D eigenvalue weighted by Crippen LogP contribution is 2.30. The molecule has 0 bridgehead atoms. The Morgan fingerprint density at radius 3 is 2.53 bits per heavy atom. The van der Waals surface area contributed by atoms with Crippen LogP contribution in [0.15, 0.2) is 66.7 Å². The summed E-state index contributed by atoms with van der Waals surface area (Å²) in [5.41, 5.74) is 3.84. The van der Waals surface area contributed by atoms with Gasteiger partial charge in [0.2, 0.25) is 0 Å². The van der Waals surface area contributed by atoms with Crippen molar-refractivity contribution in [2.24, 2.45) is 0 Å². The molecular weight excluding hydrogens is 405 g/mol. The van der Waals surface area contributed by atoms with Crippen molar-refractivity contribution in [1.29, 1.82) is 0 Å². The first-order chi connectivity index (χ1) is 15.4. The van der Waals surface area contributed by atoms with E-state index in [1.165, 1.54) is 25.3 Å². The molecule has 0 N–H and O–H groups in total. The normalized spacial score (nSPS) is 11.2. The van der Waals surface area contributed by atoms with Crippen LogP contribution in [0.4, 0.5) is 4.39 Å². The van der Waals surface area contributed by atoms with Crippen LogP contribution in [0.5, 0.6) is 11.5 Å². The maximum absolute atomic E-state index is 14.3. The third kappa shape index (κ3) is 5.83. The Kier molecular flexibility index (Phi) is 7.79. The minimum absolute atomic E-state index is 0.254. The van der Waals surface area contributed by atoms with Gasteiger partial charge in [-0.3, -0.25) is 4.79 Å². The number of nitrogens with zero attached hydrogens (tertiary/aromatic N) is 1. The van der Waals surface area contributed by atoms with E-state index >= 15 is 0 Å². The summed E-state index contributed by atoms with van der Waals surface area (Å²) >= 11 is 0. The number of carbonyl (C=O) groups excluding carboxylic acids is 1. The van der Waals surface area contributed by atoms with E-state index in [1.807, 2.05) is 68.4 Å². The van der Waals surface area contributed by atoms with Crippen LogP contribution in [-0.2, 0) is 0 Å². The van der Waals surface area contributed by atoms with Crippen LogP contribution in [-0.4, -0.2) is 45.0 Å². The average Bonchev–Trinajstić information content (AvgIpc) is 2.78. The second-order valence-corrected chi connectivity index (χ2v) is 7.76. The zero-order chi connectivity index (χ0) is 23.1. The fourth-order valence-corrected chi connectivity index (χ4v) is 3.28. The van der Waals surface area contributed by atoms with Gasteiger partial charge >= 0.3 is 0 Å². The number of hydrogen-bond acceptors (Lipinski definition) is 4. The molecule has 0 radical (unpaired) electrons. The highest BCUT2D eigenvalue weighted by molar-refractivity contribution is 6.09. The lowest BCUT2D eigenvalue weighted by Gasteiger charge is -2.15. The van der Waals surface area contributed by atoms with Gasteiger partial charge < -0.3 is 14.4 Å². The molecule has 0 aliphatic carbocycles. The third-order valence-corrected chi connectivity index (χ3v) is 5.12. The van der Waals surface area contributed by atoms with Crippen LogP contribution >= 0.6 is 0 Å². The number of halogens is 1. The number of carbonyl (C=O) groups is 1. The summed E-state index contributed by atoms with van der Waals surface area (Å²) in [4.78, 5) is 15.1. The van der Waals surface area contributed by atoms with Crippen molar-refractivity contribution in [2.75, 3.05) is 34.4 Å². The zero-order valence-corrected chi connectivity index (χ0v) is 18.9. The molecule has 0 amide bonds. The van der Waals surface area contributed by atoms with Crippen LogP contribution in [0, 0.1) is 12.7 Å². The number of hydrogen-bond donors (Lipinski definition) is 0. The van der Waals surface area contributed by atoms with Gasteiger partial charge in [-0.2, -0.15) is 0 Å². The SMILES string of the molecule is COc1ccc(/C=C/C(=O)c2cc(-c3ccccc3C)ccc2OCCN(C)C)c(F)c1. The summed E-state index contributed by atoms with van der Waals surface area (Å²) in [6.45, 7) is 3.21. The predicted molar refractivity (Wildman–Crippen MR) is 127 cm³/mol. The largest absolute Gasteiger partial charge is 0.497 e. The fraction of sp³-hybridized carbons (Fsp3) is 0.222. The standard InChI is InChI=1S/C27H28FNO3/c1-19-7-5-6-8-23(19)21-11-14-27(32-16-15-29(2)3)24(17-21)26(30)13-10-20-9-12-22(31-4)18-25(20)28/h5-14,17-18H,15-16H2,1-4H3/b13-10+. The predicted octanol–water partition coefficient (Wildman–Crippen LogP) is 5.65. The molecule has 0 unspecified atom stereocenters. The van der Waals surface area contributed by atoms with Gasteiger partial charge in [0.25, 0.3) is 0 Å². The number of aryl methyl sites for hydroxylation is 1. The van der Waals surface area contributed by atoms with Crippen LogP contribution in [0.2, 0.25) is 0 Å². The Balaban J connectivity index is 1.94. The molecule has 0 saturated carbocycles. The average molecular weight is 434 g/mol. The van der Waals surface area contributed by atoms with Crippen molar-refractivity contribution >= 4 is 11.9 Å². The lowest BCUT2D eigenvalue weighted by Crippen LogP contribution is -2.20. The number of ketones is 1. The highest BCUT2D eigenvalue weighted by atomic mass is 19.1. The van der Waals surface area contributed by atoms with E-state index in [2.05, 4.69) is 0 Å². The first kappa shape index (κ1) is 23.2. The number of likely N-dealkylation sites (N-methyl/N-ethyl adjacent to an activating group) is 1. The Morgan fingerprint density at radius 2 is 1.84 bits per heavy atom. The van der Waals surface area contributed by atoms with Crippen LogP contribution < -0.4 is 9.47 Å². The molecule has 0 spiro atoms. The van der Waals surface area contributed by atoms with Gasteiger partial charge in [-0.15, -0.1) is 0 Å². The number of allylic oxidation sites excluding steroid dienone is 1. The lowest BCUT2D eigenvalue weighted by molar-refractivity contribution is 0.104. The van der Waals surface area contributed by atoms with Crippen molar-refractivity contribution in [2.45, 2.75) is 6.92 Å². The molecule has 3 aromatic rings. The maximum atomic E-state index is 14.3. The molecule has 4 nitrogen and oxygen atoms in total. The van der Waals surface area contributed by atoms with Crippen LogP contribution in [0.25, 0.3) is 17.2 Å². The van der Waals surface area contributed by atoms with E-state index in [1.54, 1.807) is 12.1 Å². The van der Waals surface area contributed by atoms with E-state index in [0.29, 0.717) is 29.2 Å². The van der Waals surface area contributed by atoms with Gasteiger partial charge in [0, 0.05) is 18.2 Å². The van der Waals surface area contributed by atoms with Gasteiger partial charge in [0.15, 0.2) is 5.78 Å². The van der Waals surface area contributed by atoms with Crippen molar-refractivity contribution < 1.29 is 18.7 Å². The van der Waals surface area contributed by atoms with Gasteiger partial charge in [-0.25, -0.2) is 4.39 Å². The summed E-state index contributed by atoms with van der Waals surface area (Å²) in [5.74, 6) is 0.225. The van der Waals surface area contributed by atoms with E-state index in [0.717, 1.165) is 23.2 Å². The van der Waals surface area contributed by atoms with Gasteiger partial charge in [0.1, 0.15) is 23.9 Å². The first-order valence-electron chi connectivity index (χ1n) is 10.4. The number of ether oxygens (including phenoxy) is 2. The Labute approximate surface area is 188 Å². The maximum Gasteiger partial charge on any atom is 0.189 e. The van der Waals surface area contributed by atoms with E-state index in [4.69, 9.17) is 9.47 Å². The summed E-state index contributed by atoms with van der Waals surface area (Å²) < 4.78 is 25.2. The zero-order valence-electron chi connectivity index (χ0n) is 18.9. The van der Waals surface area contributed by atoms with Crippen molar-refractivity contribution in [3.63, 3.8) is 0 Å². The van der Waals surface area contributed by atoms with Gasteiger partial charge in [-0.1, -0.05) is 30.3 Å². The molecule has 0 fully saturated rings. The summed E-state index contributed by atoms with van der Waals surface area (Å²) in [6.07, 6.45) is 2.85. The molecule has 5 heteroatoms. The Morgan fingerprint density at radius 1 is 1.06 bits per heavy atom. The second-order valence-electron chi connectivity index (χ2n) is 7.76. The molecule has 166 valence electrons. The minimum atomic E-state index is -0.454. The number of rotatable bonds is 9. The molecular formula is C27H28FNO3. The molecule has 3 rings (SSSR count). The molecule has 0 aliphatic rings. The molecule has 0 aliphatic heterocycles. The number of methoxy groups -OCH3 is 1. The van der Waals surface area contributed by atoms with Gasteiger partial charge in [0.05, 0.1) is 12.7 Å². The number of benzene rings is 3. The molecule has 32 heavy (non-hydrogen) atoms. The monoisotopic (exact) mass is 433 g/mol. The molecule has 0 atom stereocenters. The van der Waals surface area contributed by atoms with Crippen molar-refractivity contribution in [3.05, 3.63) is 89.2 Å². The van der Waals surface area contributed by atoms with Crippen LogP contribution in [0.3, 0.4) is 0 Å². The highest BCUT2D eigenvalue weighted by Gasteiger charge is 2.14. The van der Waals surface area contributed by atoms with Gasteiger partial charge in [-0.05, 0) is 74.1 Å².